The van der Waals surface area contributed by atoms with E-state index in [1.807, 2.05) is 50.2 Å². The van der Waals surface area contributed by atoms with Gasteiger partial charge in [-0.1, -0.05) is 59.6 Å². The van der Waals surface area contributed by atoms with E-state index in [2.05, 4.69) is 36.2 Å². The molecule has 0 unspecified atom stereocenters. The van der Waals surface area contributed by atoms with Crippen LogP contribution in [-0.2, 0) is 22.7 Å². The molecule has 4 aromatic rings. The van der Waals surface area contributed by atoms with Gasteiger partial charge < -0.3 is 30.7 Å². The first kappa shape index (κ1) is 35.0. The minimum absolute atomic E-state index is 0.0577. The van der Waals surface area contributed by atoms with Crippen LogP contribution in [0, 0.1) is 0 Å². The number of methoxy groups -OCH3 is 2. The van der Waals surface area contributed by atoms with Crippen LogP contribution in [0.4, 0.5) is 0 Å². The van der Waals surface area contributed by atoms with Crippen molar-refractivity contribution in [1.29, 1.82) is 0 Å². The van der Waals surface area contributed by atoms with E-state index in [0.29, 0.717) is 92.9 Å². The van der Waals surface area contributed by atoms with Crippen LogP contribution >= 0.6 is 23.2 Å². The van der Waals surface area contributed by atoms with Crippen molar-refractivity contribution in [2.24, 2.45) is 0 Å². The Hall–Kier alpha value is -4.36. The Morgan fingerprint density at radius 3 is 1.88 bits per heavy atom. The molecule has 48 heavy (non-hydrogen) atoms. The van der Waals surface area contributed by atoms with Gasteiger partial charge in [0, 0.05) is 60.4 Å². The van der Waals surface area contributed by atoms with Crippen LogP contribution in [0.5, 0.6) is 11.8 Å². The molecule has 2 amide bonds. The summed E-state index contributed by atoms with van der Waals surface area (Å²) in [5.74, 6) is 0.668. The van der Waals surface area contributed by atoms with Gasteiger partial charge in [0.05, 0.1) is 54.6 Å². The lowest BCUT2D eigenvalue weighted by Crippen LogP contribution is -2.37. The molecule has 1 aliphatic rings. The van der Waals surface area contributed by atoms with Crippen molar-refractivity contribution in [2.45, 2.75) is 51.9 Å². The first-order valence-electron chi connectivity index (χ1n) is 15.6. The maximum Gasteiger partial charge on any atom is 0.237 e. The molecule has 2 aromatic heterocycles. The average molecular weight is 694 g/mol. The van der Waals surface area contributed by atoms with Gasteiger partial charge >= 0.3 is 0 Å². The number of benzene rings is 2. The Kier molecular flexibility index (Phi) is 11.8. The second-order valence-corrected chi connectivity index (χ2v) is 12.3. The zero-order valence-corrected chi connectivity index (χ0v) is 28.7. The normalized spacial score (nSPS) is 14.2. The molecule has 0 saturated carbocycles. The van der Waals surface area contributed by atoms with Gasteiger partial charge in [-0.05, 0) is 20.3 Å². The van der Waals surface area contributed by atoms with Crippen molar-refractivity contribution in [1.82, 2.24) is 41.2 Å². The monoisotopic (exact) mass is 692 g/mol. The zero-order chi connectivity index (χ0) is 34.2. The summed E-state index contributed by atoms with van der Waals surface area (Å²) >= 11 is 14.0. The zero-order valence-electron chi connectivity index (χ0n) is 27.2. The van der Waals surface area contributed by atoms with Crippen LogP contribution in [0.25, 0.3) is 33.6 Å². The predicted molar refractivity (Wildman–Crippen MR) is 185 cm³/mol. The third-order valence-corrected chi connectivity index (χ3v) is 8.46. The van der Waals surface area contributed by atoms with E-state index in [4.69, 9.17) is 37.7 Å². The Morgan fingerprint density at radius 2 is 1.40 bits per heavy atom. The summed E-state index contributed by atoms with van der Waals surface area (Å²) in [5, 5.41) is 13.1. The number of rotatable bonds is 14. The van der Waals surface area contributed by atoms with Crippen molar-refractivity contribution in [3.05, 3.63) is 70.2 Å². The lowest BCUT2D eigenvalue weighted by atomic mass is 9.98. The first-order valence-corrected chi connectivity index (χ1v) is 16.3. The third kappa shape index (κ3) is 8.37. The largest absolute Gasteiger partial charge is 0.480 e. The Balaban J connectivity index is 1.35. The number of ether oxygens (including phenoxy) is 2. The van der Waals surface area contributed by atoms with Gasteiger partial charge in [0.25, 0.3) is 0 Å². The number of aromatic nitrogens is 4. The van der Waals surface area contributed by atoms with Crippen LogP contribution in [0.3, 0.4) is 0 Å². The topological polar surface area (TPSA) is 152 Å². The maximum absolute atomic E-state index is 12.0. The van der Waals surface area contributed by atoms with Gasteiger partial charge in [-0.25, -0.2) is 9.97 Å². The minimum atomic E-state index is -0.108. The average Bonchev–Trinajstić information content (AvgIpc) is 3.49. The van der Waals surface area contributed by atoms with E-state index in [1.165, 1.54) is 7.11 Å². The molecule has 4 N–H and O–H groups in total. The van der Waals surface area contributed by atoms with Crippen molar-refractivity contribution >= 4 is 35.0 Å². The van der Waals surface area contributed by atoms with Crippen LogP contribution < -0.4 is 30.7 Å². The molecule has 12 nitrogen and oxygen atoms in total. The quantitative estimate of drug-likeness (QED) is 0.148. The molecule has 1 saturated heterocycles. The number of amides is 2. The summed E-state index contributed by atoms with van der Waals surface area (Å²) in [5.41, 5.74) is 4.96. The molecule has 0 radical (unpaired) electrons. The third-order valence-electron chi connectivity index (χ3n) is 7.65. The molecular formula is C34H38Cl2N8O4. The smallest absolute Gasteiger partial charge is 0.237 e. The van der Waals surface area contributed by atoms with Crippen molar-refractivity contribution in [3.63, 3.8) is 0 Å². The van der Waals surface area contributed by atoms with Crippen LogP contribution in [-0.4, -0.2) is 71.1 Å². The second-order valence-electron chi connectivity index (χ2n) is 11.5. The van der Waals surface area contributed by atoms with Crippen molar-refractivity contribution in [3.8, 4) is 45.4 Å². The molecule has 3 heterocycles. The minimum Gasteiger partial charge on any atom is -0.480 e. The van der Waals surface area contributed by atoms with Gasteiger partial charge in [-0.15, -0.1) is 0 Å². The number of carbonyl (C=O) groups excluding carboxylic acids is 2. The summed E-state index contributed by atoms with van der Waals surface area (Å²) in [4.78, 5) is 42.0. The molecule has 0 aliphatic carbocycles. The summed E-state index contributed by atoms with van der Waals surface area (Å²) in [6.07, 6.45) is 4.64. The van der Waals surface area contributed by atoms with E-state index in [1.54, 1.807) is 19.5 Å². The van der Waals surface area contributed by atoms with Gasteiger partial charge in [0.1, 0.15) is 11.4 Å². The molecule has 0 bridgehead atoms. The summed E-state index contributed by atoms with van der Waals surface area (Å²) in [7, 11) is 3.06. The number of carbonyl (C=O) groups is 2. The van der Waals surface area contributed by atoms with Gasteiger partial charge in [0.15, 0.2) is 0 Å². The summed E-state index contributed by atoms with van der Waals surface area (Å²) < 4.78 is 11.1. The molecule has 1 fully saturated rings. The fourth-order valence-corrected chi connectivity index (χ4v) is 6.01. The van der Waals surface area contributed by atoms with Gasteiger partial charge in [-0.2, -0.15) is 0 Å². The first-order chi connectivity index (χ1) is 23.2. The van der Waals surface area contributed by atoms with E-state index in [-0.39, 0.29) is 30.4 Å². The van der Waals surface area contributed by atoms with Crippen molar-refractivity contribution in [2.75, 3.05) is 27.3 Å². The summed E-state index contributed by atoms with van der Waals surface area (Å²) in [6, 6.07) is 11.4. The Labute approximate surface area is 289 Å². The number of hydrogen-bond acceptors (Lipinski definition) is 10. The predicted octanol–water partition coefficient (Wildman–Crippen LogP) is 4.57. The molecule has 1 atom stereocenters. The van der Waals surface area contributed by atoms with E-state index in [0.717, 1.165) is 6.42 Å². The summed E-state index contributed by atoms with van der Waals surface area (Å²) in [6.45, 7) is 5.31. The number of hydrogen-bond donors (Lipinski definition) is 4. The molecular weight excluding hydrogens is 655 g/mol. The van der Waals surface area contributed by atoms with Crippen LogP contribution in [0.2, 0.25) is 10.0 Å². The van der Waals surface area contributed by atoms with Gasteiger partial charge in [0.2, 0.25) is 23.6 Å². The van der Waals surface area contributed by atoms with Crippen molar-refractivity contribution < 1.29 is 19.1 Å². The van der Waals surface area contributed by atoms with Crippen LogP contribution in [0.15, 0.2) is 48.8 Å². The highest BCUT2D eigenvalue weighted by Gasteiger charge is 2.21. The van der Waals surface area contributed by atoms with Gasteiger partial charge in [-0.3, -0.25) is 19.6 Å². The molecule has 14 heteroatoms. The van der Waals surface area contributed by atoms with E-state index >= 15 is 0 Å². The number of halogens is 2. The Bertz CT molecular complexity index is 1790. The lowest BCUT2D eigenvalue weighted by molar-refractivity contribution is -0.121. The van der Waals surface area contributed by atoms with E-state index < -0.39 is 0 Å². The standard InChI is InChI=1S/C34H38Cl2N8O4/c1-19(2)41-30(46)18-38-15-28-34(48-4)44-26(17-40-28)24-10-6-8-22(32(24)36)21-7-5-9-23(31(21)35)25-16-39-27(33(43-25)47-3)14-37-13-20-11-12-29(45)42-20/h5-10,16-17,19-20,37-38H,11-15,18H2,1-4H3,(H,41,46)(H,42,45)/t20-/m0/s1. The fraction of sp³-hybridized carbons (Fsp3) is 0.353. The molecule has 252 valence electrons. The lowest BCUT2D eigenvalue weighted by Gasteiger charge is -2.15. The highest BCUT2D eigenvalue weighted by atomic mass is 35.5. The Morgan fingerprint density at radius 1 is 0.875 bits per heavy atom. The highest BCUT2D eigenvalue weighted by Crippen LogP contribution is 2.42. The molecule has 5 rings (SSSR count). The molecule has 1 aliphatic heterocycles. The fourth-order valence-electron chi connectivity index (χ4n) is 5.36. The number of nitrogens with zero attached hydrogens (tertiary/aromatic N) is 4. The SMILES string of the molecule is COc1nc(-c2cccc(-c3cccc(-c4cnc(CNC[C@@H]5CCC(=O)N5)c(OC)n4)c3Cl)c2Cl)cnc1CNCC(=O)NC(C)C. The maximum atomic E-state index is 12.0. The highest BCUT2D eigenvalue weighted by molar-refractivity contribution is 6.39. The second kappa shape index (κ2) is 16.2. The molecule has 2 aromatic carbocycles. The van der Waals surface area contributed by atoms with Crippen LogP contribution in [0.1, 0.15) is 38.1 Å². The molecule has 0 spiro atoms. The van der Waals surface area contributed by atoms with E-state index in [9.17, 15) is 9.59 Å². The number of nitrogens with one attached hydrogen (secondary N) is 4.